The first kappa shape index (κ1) is 35.8. The summed E-state index contributed by atoms with van der Waals surface area (Å²) in [6.45, 7) is 7.35. The van der Waals surface area contributed by atoms with E-state index < -0.39 is 17.9 Å². The lowest BCUT2D eigenvalue weighted by molar-refractivity contribution is -0.139. The summed E-state index contributed by atoms with van der Waals surface area (Å²) in [6, 6.07) is 7.15. The number of hydrogen-bond acceptors (Lipinski definition) is 12. The molecule has 3 heterocycles. The Hall–Kier alpha value is -4.05. The number of H-pyrrole nitrogens is 1. The average Bonchev–Trinajstić information content (AvgIpc) is 3.41. The van der Waals surface area contributed by atoms with Gasteiger partial charge in [0.15, 0.2) is 11.5 Å². The number of aliphatic hydroxyl groups is 1. The molecule has 0 saturated carbocycles. The highest BCUT2D eigenvalue weighted by Crippen LogP contribution is 2.27. The van der Waals surface area contributed by atoms with Crippen LogP contribution in [-0.4, -0.2) is 112 Å². The summed E-state index contributed by atoms with van der Waals surface area (Å²) in [5.74, 6) is -0.297. The molecule has 2 atom stereocenters. The summed E-state index contributed by atoms with van der Waals surface area (Å²) in [7, 11) is 1.36. The van der Waals surface area contributed by atoms with Crippen LogP contribution in [0.5, 0.6) is 6.01 Å². The lowest BCUT2D eigenvalue weighted by Gasteiger charge is -2.44. The number of hydrogen-bond donors (Lipinski definition) is 4. The van der Waals surface area contributed by atoms with Crippen LogP contribution in [0.1, 0.15) is 56.8 Å². The first-order chi connectivity index (χ1) is 22.8. The number of methoxy groups -OCH3 is 1. The minimum atomic E-state index is -0.505. The van der Waals surface area contributed by atoms with Crippen LogP contribution in [0.25, 0.3) is 11.2 Å². The molecule has 3 aromatic rings. The normalized spacial score (nSPS) is 16.3. The Kier molecular flexibility index (Phi) is 13.5. The number of aliphatic hydroxyl groups excluding tert-OH is 1. The van der Waals surface area contributed by atoms with Gasteiger partial charge in [0.05, 0.1) is 46.0 Å². The van der Waals surface area contributed by atoms with Crippen LogP contribution in [0.3, 0.4) is 0 Å². The molecular formula is C32H48N8O7. The van der Waals surface area contributed by atoms with Crippen molar-refractivity contribution in [3.8, 4) is 6.01 Å². The molecule has 47 heavy (non-hydrogen) atoms. The zero-order chi connectivity index (χ0) is 33.8. The number of carbonyl (C=O) groups is 2. The minimum Gasteiger partial charge on any atom is -0.469 e. The van der Waals surface area contributed by atoms with E-state index >= 15 is 0 Å². The zero-order valence-electron chi connectivity index (χ0n) is 27.6. The molecule has 1 fully saturated rings. The van der Waals surface area contributed by atoms with E-state index in [2.05, 4.69) is 37.0 Å². The Morgan fingerprint density at radius 2 is 1.87 bits per heavy atom. The van der Waals surface area contributed by atoms with E-state index in [4.69, 9.17) is 25.1 Å². The highest BCUT2D eigenvalue weighted by molar-refractivity contribution is 5.82. The number of esters is 1. The number of benzene rings is 1. The Morgan fingerprint density at radius 3 is 2.57 bits per heavy atom. The number of unbranched alkanes of at least 4 members (excludes halogenated alkanes) is 1. The van der Waals surface area contributed by atoms with Gasteiger partial charge in [-0.25, -0.2) is 4.79 Å². The van der Waals surface area contributed by atoms with Crippen LogP contribution in [-0.2, 0) is 32.0 Å². The van der Waals surface area contributed by atoms with Crippen molar-refractivity contribution in [2.24, 2.45) is 0 Å². The van der Waals surface area contributed by atoms with E-state index in [1.807, 2.05) is 31.2 Å². The molecule has 15 nitrogen and oxygen atoms in total. The maximum Gasteiger partial charge on any atom is 0.329 e. The smallest absolute Gasteiger partial charge is 0.329 e. The quantitative estimate of drug-likeness (QED) is 0.113. The number of carbonyl (C=O) groups excluding carboxylic acids is 2. The van der Waals surface area contributed by atoms with Gasteiger partial charge in [0.1, 0.15) is 11.7 Å². The van der Waals surface area contributed by atoms with Crippen LogP contribution in [0.2, 0.25) is 0 Å². The van der Waals surface area contributed by atoms with Crippen molar-refractivity contribution in [2.75, 3.05) is 65.5 Å². The summed E-state index contributed by atoms with van der Waals surface area (Å²) < 4.78 is 17.6. The summed E-state index contributed by atoms with van der Waals surface area (Å²) >= 11 is 0. The second-order valence-corrected chi connectivity index (χ2v) is 11.5. The highest BCUT2D eigenvalue weighted by atomic mass is 16.5. The van der Waals surface area contributed by atoms with Crippen molar-refractivity contribution >= 4 is 28.9 Å². The van der Waals surface area contributed by atoms with Gasteiger partial charge in [0.25, 0.3) is 0 Å². The van der Waals surface area contributed by atoms with Crippen LogP contribution < -0.4 is 21.5 Å². The number of imidazole rings is 1. The summed E-state index contributed by atoms with van der Waals surface area (Å²) in [5.41, 5.74) is 8.24. The molecule has 1 amide bonds. The first-order valence-corrected chi connectivity index (χ1v) is 16.3. The second-order valence-electron chi connectivity index (χ2n) is 11.5. The van der Waals surface area contributed by atoms with Crippen molar-refractivity contribution in [3.05, 3.63) is 45.9 Å². The zero-order valence-corrected chi connectivity index (χ0v) is 27.6. The first-order valence-electron chi connectivity index (χ1n) is 16.3. The highest BCUT2D eigenvalue weighted by Gasteiger charge is 2.36. The van der Waals surface area contributed by atoms with Gasteiger partial charge in [0, 0.05) is 32.7 Å². The van der Waals surface area contributed by atoms with Gasteiger partial charge in [-0.1, -0.05) is 51.0 Å². The molecule has 2 aromatic heterocycles. The third-order valence-electron chi connectivity index (χ3n) is 8.23. The number of aromatic amines is 1. The van der Waals surface area contributed by atoms with Crippen LogP contribution in [0.4, 0.5) is 5.82 Å². The van der Waals surface area contributed by atoms with Gasteiger partial charge in [-0.05, 0) is 24.0 Å². The summed E-state index contributed by atoms with van der Waals surface area (Å²) in [5, 5.41) is 12.3. The van der Waals surface area contributed by atoms with Crippen molar-refractivity contribution in [1.29, 1.82) is 0 Å². The number of nitrogen functional groups attached to an aromatic ring is 1. The lowest BCUT2D eigenvalue weighted by atomic mass is 10.1. The van der Waals surface area contributed by atoms with Gasteiger partial charge >= 0.3 is 17.7 Å². The van der Waals surface area contributed by atoms with Gasteiger partial charge in [-0.3, -0.25) is 24.0 Å². The van der Waals surface area contributed by atoms with Gasteiger partial charge in [0.2, 0.25) is 5.91 Å². The monoisotopic (exact) mass is 656 g/mol. The average molecular weight is 657 g/mol. The van der Waals surface area contributed by atoms with E-state index in [0.29, 0.717) is 63.5 Å². The Labute approximate surface area is 274 Å². The number of amides is 1. The molecule has 2 unspecified atom stereocenters. The Morgan fingerprint density at radius 1 is 1.11 bits per heavy atom. The molecule has 258 valence electrons. The van der Waals surface area contributed by atoms with E-state index in [1.54, 1.807) is 4.57 Å². The third-order valence-corrected chi connectivity index (χ3v) is 8.23. The molecule has 0 aliphatic carbocycles. The number of nitrogens with one attached hydrogen (secondary N) is 2. The standard InChI is InChI=1S/C32H48N8O7/c1-4-6-16-47-31-36-28(33)27-29(37-31)40(32(44)35-27)25-21-39(13-12-38(25)14-17-46-18-15-41)24(7-5-2)30(43)34-20-23-10-8-22(9-11-23)19-26(42)45-3/h8-11,24-25,41H,4-7,12-21H2,1-3H3,(H,34,43)(H,35,44)(H2,33,36,37). The van der Waals surface area contributed by atoms with E-state index in [0.717, 1.165) is 30.4 Å². The Bertz CT molecular complexity index is 1510. The molecule has 0 bridgehead atoms. The molecule has 1 aliphatic rings. The van der Waals surface area contributed by atoms with E-state index in [1.165, 1.54) is 7.11 Å². The molecule has 0 spiro atoms. The number of ether oxygens (including phenoxy) is 3. The van der Waals surface area contributed by atoms with Crippen molar-refractivity contribution in [2.45, 2.75) is 64.7 Å². The maximum atomic E-state index is 13.7. The minimum absolute atomic E-state index is 0.0818. The van der Waals surface area contributed by atoms with Crippen molar-refractivity contribution in [3.63, 3.8) is 0 Å². The van der Waals surface area contributed by atoms with Gasteiger partial charge in [-0.2, -0.15) is 9.97 Å². The lowest BCUT2D eigenvalue weighted by Crippen LogP contribution is -2.58. The largest absolute Gasteiger partial charge is 0.469 e. The number of rotatable bonds is 18. The number of fused-ring (bicyclic) bond motifs is 1. The summed E-state index contributed by atoms with van der Waals surface area (Å²) in [4.78, 5) is 54.6. The number of anilines is 1. The Balaban J connectivity index is 1.56. The molecule has 1 aromatic carbocycles. The molecule has 1 saturated heterocycles. The van der Waals surface area contributed by atoms with Gasteiger partial charge < -0.3 is 35.4 Å². The molecule has 1 aliphatic heterocycles. The van der Waals surface area contributed by atoms with Crippen molar-refractivity contribution in [1.82, 2.24) is 34.6 Å². The predicted molar refractivity (Wildman–Crippen MR) is 176 cm³/mol. The van der Waals surface area contributed by atoms with Crippen LogP contribution in [0, 0.1) is 0 Å². The maximum absolute atomic E-state index is 13.7. The SMILES string of the molecule is CCCCOc1nc(N)c2[nH]c(=O)n(C3CN(C(CCC)C(=O)NCc4ccc(CC(=O)OC)cc4)CCN3CCOCCO)c2n1. The number of piperazine rings is 1. The molecule has 4 rings (SSSR count). The fourth-order valence-electron chi connectivity index (χ4n) is 5.68. The fraction of sp³-hybridized carbons (Fsp3) is 0.594. The molecule has 15 heteroatoms. The predicted octanol–water partition coefficient (Wildman–Crippen LogP) is 1.21. The van der Waals surface area contributed by atoms with Gasteiger partial charge in [-0.15, -0.1) is 0 Å². The van der Waals surface area contributed by atoms with E-state index in [-0.39, 0.29) is 43.3 Å². The van der Waals surface area contributed by atoms with Crippen molar-refractivity contribution < 1.29 is 28.9 Å². The molecular weight excluding hydrogens is 608 g/mol. The third kappa shape index (κ3) is 9.50. The molecule has 5 N–H and O–H groups in total. The summed E-state index contributed by atoms with van der Waals surface area (Å²) in [6.07, 6.45) is 2.86. The number of nitrogens with two attached hydrogens (primary N) is 1. The van der Waals surface area contributed by atoms with Crippen LogP contribution >= 0.6 is 0 Å². The number of aromatic nitrogens is 4. The fourth-order valence-corrected chi connectivity index (χ4v) is 5.68. The second kappa shape index (κ2) is 17.8. The topological polar surface area (TPSA) is 190 Å². The number of nitrogens with zero attached hydrogens (tertiary/aromatic N) is 5. The van der Waals surface area contributed by atoms with Crippen LogP contribution in [0.15, 0.2) is 29.1 Å². The molecule has 0 radical (unpaired) electrons. The van der Waals surface area contributed by atoms with E-state index in [9.17, 15) is 14.4 Å².